The number of carbonyl (C=O) groups excluding carboxylic acids is 1. The molecule has 0 aliphatic carbocycles. The molecule has 7 nitrogen and oxygen atoms in total. The van der Waals surface area contributed by atoms with Crippen LogP contribution in [0.4, 0.5) is 0 Å². The third-order valence-electron chi connectivity index (χ3n) is 3.74. The van der Waals surface area contributed by atoms with E-state index in [1.165, 1.54) is 4.31 Å². The van der Waals surface area contributed by atoms with Crippen LogP contribution in [0.5, 0.6) is 0 Å². The van der Waals surface area contributed by atoms with E-state index in [4.69, 9.17) is 0 Å². The normalized spacial score (nSPS) is 20.4. The number of hydrogen-bond acceptors (Lipinski definition) is 4. The minimum atomic E-state index is -3.75. The molecule has 0 saturated carbocycles. The summed E-state index contributed by atoms with van der Waals surface area (Å²) in [4.78, 5) is 14.0. The minimum absolute atomic E-state index is 0.169. The first-order valence-corrected chi connectivity index (χ1v) is 7.84. The van der Waals surface area contributed by atoms with Gasteiger partial charge in [0.15, 0.2) is 0 Å². The molecule has 1 amide bonds. The van der Waals surface area contributed by atoms with Crippen molar-refractivity contribution in [2.45, 2.75) is 38.1 Å². The Balaban J connectivity index is 2.53. The van der Waals surface area contributed by atoms with Crippen molar-refractivity contribution in [3.63, 3.8) is 0 Å². The van der Waals surface area contributed by atoms with Crippen LogP contribution in [0.3, 0.4) is 0 Å². The highest BCUT2D eigenvalue weighted by molar-refractivity contribution is 7.89. The molecule has 0 atom stereocenters. The maximum absolute atomic E-state index is 12.9. The zero-order valence-electron chi connectivity index (χ0n) is 12.4. The molecule has 2 heterocycles. The van der Waals surface area contributed by atoms with Gasteiger partial charge in [-0.15, -0.1) is 0 Å². The van der Waals surface area contributed by atoms with Crippen molar-refractivity contribution in [1.29, 1.82) is 0 Å². The fourth-order valence-electron chi connectivity index (χ4n) is 2.65. The molecule has 0 spiro atoms. The summed E-state index contributed by atoms with van der Waals surface area (Å²) in [5.74, 6) is -0.203. The molecule has 0 bridgehead atoms. The number of H-pyrrole nitrogens is 1. The van der Waals surface area contributed by atoms with Gasteiger partial charge >= 0.3 is 0 Å². The molecule has 1 fully saturated rings. The topological polar surface area (TPSA) is 86.4 Å². The second-order valence-corrected chi connectivity index (χ2v) is 7.43. The highest BCUT2D eigenvalue weighted by Crippen LogP contribution is 2.31. The number of piperazine rings is 1. The van der Waals surface area contributed by atoms with Gasteiger partial charge in [-0.25, -0.2) is 8.42 Å². The minimum Gasteiger partial charge on any atom is -0.343 e. The van der Waals surface area contributed by atoms with E-state index in [1.807, 2.05) is 0 Å². The zero-order valence-corrected chi connectivity index (χ0v) is 13.2. The predicted molar refractivity (Wildman–Crippen MR) is 73.7 cm³/mol. The monoisotopic (exact) mass is 300 g/mol. The molecular formula is C12H20N4O3S. The SMILES string of the molecule is Cc1n[nH]c(C)c1S(=O)(=O)N1CCN(C)C(=O)C1(C)C. The third-order valence-corrected chi connectivity index (χ3v) is 6.08. The summed E-state index contributed by atoms with van der Waals surface area (Å²) >= 11 is 0. The van der Waals surface area contributed by atoms with E-state index in [1.54, 1.807) is 39.6 Å². The molecule has 0 unspecified atom stereocenters. The lowest BCUT2D eigenvalue weighted by molar-refractivity contribution is -0.142. The maximum Gasteiger partial charge on any atom is 0.247 e. The molecule has 2 rings (SSSR count). The summed E-state index contributed by atoms with van der Waals surface area (Å²) in [7, 11) is -2.07. The fraction of sp³-hybridized carbons (Fsp3) is 0.667. The standard InChI is InChI=1S/C12H20N4O3S/c1-8-10(9(2)14-13-8)20(18,19)16-7-6-15(5)11(17)12(16,3)4/h6-7H2,1-5H3,(H,13,14). The highest BCUT2D eigenvalue weighted by atomic mass is 32.2. The van der Waals surface area contributed by atoms with E-state index in [0.29, 0.717) is 17.9 Å². The van der Waals surface area contributed by atoms with Crippen LogP contribution in [0.2, 0.25) is 0 Å². The van der Waals surface area contributed by atoms with Gasteiger partial charge in [-0.05, 0) is 27.7 Å². The number of likely N-dealkylation sites (N-methyl/N-ethyl adjacent to an activating group) is 1. The first-order chi connectivity index (χ1) is 9.10. The first kappa shape index (κ1) is 15.0. The fourth-order valence-corrected chi connectivity index (χ4v) is 4.72. The van der Waals surface area contributed by atoms with Gasteiger partial charge in [0, 0.05) is 20.1 Å². The Morgan fingerprint density at radius 1 is 1.25 bits per heavy atom. The lowest BCUT2D eigenvalue weighted by atomic mass is 10.0. The van der Waals surface area contributed by atoms with Gasteiger partial charge in [0.1, 0.15) is 10.4 Å². The number of sulfonamides is 1. The average molecular weight is 300 g/mol. The van der Waals surface area contributed by atoms with Crippen LogP contribution in [-0.2, 0) is 14.8 Å². The molecule has 112 valence electrons. The largest absolute Gasteiger partial charge is 0.343 e. The molecule has 20 heavy (non-hydrogen) atoms. The van der Waals surface area contributed by atoms with Gasteiger partial charge in [0.05, 0.1) is 11.4 Å². The van der Waals surface area contributed by atoms with Crippen molar-refractivity contribution in [2.24, 2.45) is 0 Å². The van der Waals surface area contributed by atoms with E-state index >= 15 is 0 Å². The maximum atomic E-state index is 12.9. The van der Waals surface area contributed by atoms with Gasteiger partial charge in [-0.3, -0.25) is 9.89 Å². The molecular weight excluding hydrogens is 280 g/mol. The van der Waals surface area contributed by atoms with Gasteiger partial charge in [0.2, 0.25) is 15.9 Å². The van der Waals surface area contributed by atoms with Crippen LogP contribution in [0, 0.1) is 13.8 Å². The molecule has 1 aromatic heterocycles. The van der Waals surface area contributed by atoms with E-state index in [2.05, 4.69) is 10.2 Å². The van der Waals surface area contributed by atoms with Crippen LogP contribution in [-0.4, -0.2) is 59.4 Å². The Bertz CT molecular complexity index is 628. The summed E-state index contributed by atoms with van der Waals surface area (Å²) in [6, 6.07) is 0. The number of nitrogens with zero attached hydrogens (tertiary/aromatic N) is 3. The van der Waals surface area contributed by atoms with Crippen LogP contribution in [0.15, 0.2) is 4.90 Å². The van der Waals surface area contributed by atoms with Crippen molar-refractivity contribution < 1.29 is 13.2 Å². The predicted octanol–water partition coefficient (Wildman–Crippen LogP) is 0.268. The van der Waals surface area contributed by atoms with E-state index in [9.17, 15) is 13.2 Å². The van der Waals surface area contributed by atoms with Gasteiger partial charge in [0.25, 0.3) is 0 Å². The number of aryl methyl sites for hydroxylation is 2. The Morgan fingerprint density at radius 2 is 1.85 bits per heavy atom. The van der Waals surface area contributed by atoms with E-state index < -0.39 is 15.6 Å². The number of amides is 1. The molecule has 0 radical (unpaired) electrons. The Morgan fingerprint density at radius 3 is 2.35 bits per heavy atom. The summed E-state index contributed by atoms with van der Waals surface area (Å²) < 4.78 is 27.0. The van der Waals surface area contributed by atoms with Gasteiger partial charge < -0.3 is 4.90 Å². The molecule has 1 N–H and O–H groups in total. The molecule has 8 heteroatoms. The van der Waals surface area contributed by atoms with Gasteiger partial charge in [-0.1, -0.05) is 0 Å². The molecule has 1 aliphatic heterocycles. The van der Waals surface area contributed by atoms with Crippen molar-refractivity contribution in [2.75, 3.05) is 20.1 Å². The number of rotatable bonds is 2. The zero-order chi connectivity index (χ0) is 15.3. The Kier molecular flexibility index (Phi) is 3.42. The number of aromatic amines is 1. The van der Waals surface area contributed by atoms with Gasteiger partial charge in [-0.2, -0.15) is 9.40 Å². The third kappa shape index (κ3) is 2.03. The van der Waals surface area contributed by atoms with Crippen molar-refractivity contribution in [1.82, 2.24) is 19.4 Å². The average Bonchev–Trinajstić information content (AvgIpc) is 2.66. The Labute approximate surface area is 119 Å². The molecule has 1 saturated heterocycles. The summed E-state index contributed by atoms with van der Waals surface area (Å²) in [5, 5.41) is 6.61. The highest BCUT2D eigenvalue weighted by Gasteiger charge is 2.47. The van der Waals surface area contributed by atoms with Crippen molar-refractivity contribution >= 4 is 15.9 Å². The Hall–Kier alpha value is -1.41. The summed E-state index contributed by atoms with van der Waals surface area (Å²) in [5.41, 5.74) is -0.184. The smallest absolute Gasteiger partial charge is 0.247 e. The summed E-state index contributed by atoms with van der Waals surface area (Å²) in [6.07, 6.45) is 0. The van der Waals surface area contributed by atoms with Crippen LogP contribution < -0.4 is 0 Å². The molecule has 1 aliphatic rings. The lowest BCUT2D eigenvalue weighted by Gasteiger charge is -2.43. The second kappa shape index (κ2) is 4.56. The van der Waals surface area contributed by atoms with Crippen LogP contribution in [0.1, 0.15) is 25.2 Å². The second-order valence-electron chi connectivity index (χ2n) is 5.63. The quantitative estimate of drug-likeness (QED) is 0.849. The number of aromatic nitrogens is 2. The molecule has 1 aromatic rings. The number of carbonyl (C=O) groups is 1. The van der Waals surface area contributed by atoms with Crippen molar-refractivity contribution in [3.8, 4) is 0 Å². The lowest BCUT2D eigenvalue weighted by Crippen LogP contribution is -2.63. The van der Waals surface area contributed by atoms with E-state index in [0.717, 1.165) is 0 Å². The number of nitrogens with one attached hydrogen (secondary N) is 1. The first-order valence-electron chi connectivity index (χ1n) is 6.40. The van der Waals surface area contributed by atoms with Crippen LogP contribution in [0.25, 0.3) is 0 Å². The van der Waals surface area contributed by atoms with E-state index in [-0.39, 0.29) is 17.3 Å². The van der Waals surface area contributed by atoms with Crippen molar-refractivity contribution in [3.05, 3.63) is 11.4 Å². The summed E-state index contributed by atoms with van der Waals surface area (Å²) in [6.45, 7) is 7.23. The number of hydrogen-bond donors (Lipinski definition) is 1. The van der Waals surface area contributed by atoms with Crippen LogP contribution >= 0.6 is 0 Å². The molecule has 0 aromatic carbocycles.